The van der Waals surface area contributed by atoms with E-state index in [1.807, 2.05) is 12.1 Å². The summed E-state index contributed by atoms with van der Waals surface area (Å²) in [5.74, 6) is 1.12. The second-order valence-corrected chi connectivity index (χ2v) is 7.52. The van der Waals surface area contributed by atoms with Crippen molar-refractivity contribution in [3.63, 3.8) is 0 Å². The molecule has 0 unspecified atom stereocenters. The van der Waals surface area contributed by atoms with E-state index < -0.39 is 10.0 Å². The molecule has 2 aromatic rings. The number of carbonyl (C=O) groups excluding carboxylic acids is 1. The summed E-state index contributed by atoms with van der Waals surface area (Å²) in [5.41, 5.74) is 2.47. The van der Waals surface area contributed by atoms with Gasteiger partial charge in [-0.05, 0) is 48.4 Å². The van der Waals surface area contributed by atoms with E-state index in [0.717, 1.165) is 11.8 Å². The molecule has 0 aromatic heterocycles. The first-order valence-corrected chi connectivity index (χ1v) is 9.46. The van der Waals surface area contributed by atoms with Crippen LogP contribution in [0, 0.1) is 6.92 Å². The number of rotatable bonds is 5. The van der Waals surface area contributed by atoms with E-state index >= 15 is 0 Å². The minimum Gasteiger partial charge on any atom is -0.454 e. The van der Waals surface area contributed by atoms with Gasteiger partial charge in [0.2, 0.25) is 16.8 Å². The lowest BCUT2D eigenvalue weighted by Gasteiger charge is -2.10. The average Bonchev–Trinajstić information content (AvgIpc) is 3.01. The lowest BCUT2D eigenvalue weighted by atomic mass is 10.1. The summed E-state index contributed by atoms with van der Waals surface area (Å²) < 4.78 is 35.6. The summed E-state index contributed by atoms with van der Waals surface area (Å²) in [7, 11) is -3.36. The monoisotopic (exact) mass is 362 g/mol. The minimum atomic E-state index is -3.36. The van der Waals surface area contributed by atoms with Gasteiger partial charge in [-0.1, -0.05) is 6.07 Å². The average molecular weight is 362 g/mol. The maximum Gasteiger partial charge on any atom is 0.251 e. The molecule has 0 saturated heterocycles. The number of benzene rings is 2. The zero-order chi connectivity index (χ0) is 18.0. The molecule has 0 spiro atoms. The number of hydrogen-bond donors (Lipinski definition) is 2. The molecule has 1 aliphatic rings. The lowest BCUT2D eigenvalue weighted by molar-refractivity contribution is 0.0950. The third-order valence-corrected chi connectivity index (χ3v) is 4.26. The fraction of sp³-hybridized carbons (Fsp3) is 0.235. The van der Waals surface area contributed by atoms with Crippen LogP contribution in [0.5, 0.6) is 11.5 Å². The van der Waals surface area contributed by atoms with Gasteiger partial charge in [-0.25, -0.2) is 8.42 Å². The summed E-state index contributed by atoms with van der Waals surface area (Å²) in [4.78, 5) is 12.3. The van der Waals surface area contributed by atoms with Gasteiger partial charge in [-0.15, -0.1) is 0 Å². The molecule has 8 heteroatoms. The third-order valence-electron chi connectivity index (χ3n) is 3.67. The van der Waals surface area contributed by atoms with Gasteiger partial charge in [0.15, 0.2) is 11.5 Å². The predicted octanol–water partition coefficient (Wildman–Crippen LogP) is 2.03. The van der Waals surface area contributed by atoms with Crippen molar-refractivity contribution in [3.8, 4) is 11.5 Å². The van der Waals surface area contributed by atoms with Crippen LogP contribution in [0.15, 0.2) is 36.4 Å². The Labute approximate surface area is 146 Å². The minimum absolute atomic E-state index is 0.207. The van der Waals surface area contributed by atoms with E-state index in [1.54, 1.807) is 31.2 Å². The van der Waals surface area contributed by atoms with Crippen molar-refractivity contribution in [2.24, 2.45) is 0 Å². The molecular weight excluding hydrogens is 344 g/mol. The van der Waals surface area contributed by atoms with E-state index in [-0.39, 0.29) is 12.7 Å². The maximum absolute atomic E-state index is 12.3. The molecule has 1 amide bonds. The fourth-order valence-corrected chi connectivity index (χ4v) is 3.08. The number of hydrogen-bond acceptors (Lipinski definition) is 5. The predicted molar refractivity (Wildman–Crippen MR) is 93.4 cm³/mol. The number of sulfonamides is 1. The Morgan fingerprint density at radius 1 is 1.12 bits per heavy atom. The first-order valence-electron chi connectivity index (χ1n) is 7.57. The van der Waals surface area contributed by atoms with E-state index in [1.165, 1.54) is 0 Å². The SMILES string of the molecule is Cc1cc(C(=O)NCc2ccc3c(c2)OCO3)ccc1NS(C)(=O)=O. The Kier molecular flexibility index (Phi) is 4.54. The first-order chi connectivity index (χ1) is 11.8. The summed E-state index contributed by atoms with van der Waals surface area (Å²) in [6, 6.07) is 10.3. The van der Waals surface area contributed by atoms with Crippen molar-refractivity contribution in [1.82, 2.24) is 5.32 Å². The standard InChI is InChI=1S/C17H18N2O5S/c1-11-7-13(4-5-14(11)19-25(2,21)22)17(20)18-9-12-3-6-15-16(8-12)24-10-23-15/h3-8,19H,9-10H2,1-2H3,(H,18,20). The molecule has 0 saturated carbocycles. The lowest BCUT2D eigenvalue weighted by Crippen LogP contribution is -2.23. The van der Waals surface area contributed by atoms with Crippen molar-refractivity contribution < 1.29 is 22.7 Å². The van der Waals surface area contributed by atoms with Gasteiger partial charge < -0.3 is 14.8 Å². The summed E-state index contributed by atoms with van der Waals surface area (Å²) in [6.07, 6.45) is 1.08. The largest absolute Gasteiger partial charge is 0.454 e. The highest BCUT2D eigenvalue weighted by atomic mass is 32.2. The zero-order valence-electron chi connectivity index (χ0n) is 13.8. The molecule has 0 radical (unpaired) electrons. The molecule has 3 rings (SSSR count). The second kappa shape index (κ2) is 6.64. The highest BCUT2D eigenvalue weighted by Gasteiger charge is 2.14. The zero-order valence-corrected chi connectivity index (χ0v) is 14.6. The van der Waals surface area contributed by atoms with Crippen LogP contribution in [0.4, 0.5) is 5.69 Å². The Morgan fingerprint density at radius 2 is 1.88 bits per heavy atom. The molecule has 2 aromatic carbocycles. The molecule has 0 atom stereocenters. The highest BCUT2D eigenvalue weighted by Crippen LogP contribution is 2.32. The Balaban J connectivity index is 1.66. The van der Waals surface area contributed by atoms with Gasteiger partial charge in [-0.3, -0.25) is 9.52 Å². The Hall–Kier alpha value is -2.74. The van der Waals surface area contributed by atoms with Crippen molar-refractivity contribution >= 4 is 21.6 Å². The summed E-state index contributed by atoms with van der Waals surface area (Å²) in [6.45, 7) is 2.29. The van der Waals surface area contributed by atoms with Crippen LogP contribution in [-0.4, -0.2) is 27.4 Å². The molecule has 2 N–H and O–H groups in total. The molecule has 0 bridgehead atoms. The van der Waals surface area contributed by atoms with Gasteiger partial charge in [0.1, 0.15) is 0 Å². The smallest absolute Gasteiger partial charge is 0.251 e. The maximum atomic E-state index is 12.3. The molecule has 132 valence electrons. The quantitative estimate of drug-likeness (QED) is 0.849. The third kappa shape index (κ3) is 4.21. The number of nitrogens with one attached hydrogen (secondary N) is 2. The van der Waals surface area contributed by atoms with E-state index in [0.29, 0.717) is 34.9 Å². The number of fused-ring (bicyclic) bond motifs is 1. The second-order valence-electron chi connectivity index (χ2n) is 5.77. The van der Waals surface area contributed by atoms with Crippen LogP contribution in [0.1, 0.15) is 21.5 Å². The number of carbonyl (C=O) groups is 1. The van der Waals surface area contributed by atoms with Gasteiger partial charge in [0, 0.05) is 12.1 Å². The molecule has 7 nitrogen and oxygen atoms in total. The van der Waals surface area contributed by atoms with Crippen LogP contribution in [0.25, 0.3) is 0 Å². The number of aryl methyl sites for hydroxylation is 1. The van der Waals surface area contributed by atoms with Crippen molar-refractivity contribution in [2.75, 3.05) is 17.8 Å². The number of anilines is 1. The van der Waals surface area contributed by atoms with E-state index in [4.69, 9.17) is 9.47 Å². The van der Waals surface area contributed by atoms with Crippen molar-refractivity contribution in [2.45, 2.75) is 13.5 Å². The molecule has 0 fully saturated rings. The molecule has 0 aliphatic carbocycles. The highest BCUT2D eigenvalue weighted by molar-refractivity contribution is 7.92. The molecular formula is C17H18N2O5S. The van der Waals surface area contributed by atoms with Gasteiger partial charge >= 0.3 is 0 Å². The normalized spacial score (nSPS) is 12.7. The van der Waals surface area contributed by atoms with Crippen LogP contribution < -0.4 is 19.5 Å². The van der Waals surface area contributed by atoms with Gasteiger partial charge in [0.25, 0.3) is 5.91 Å². The van der Waals surface area contributed by atoms with E-state index in [9.17, 15) is 13.2 Å². The molecule has 1 heterocycles. The van der Waals surface area contributed by atoms with Crippen LogP contribution in [0.2, 0.25) is 0 Å². The Morgan fingerprint density at radius 3 is 2.60 bits per heavy atom. The van der Waals surface area contributed by atoms with Crippen LogP contribution in [0.3, 0.4) is 0 Å². The van der Waals surface area contributed by atoms with Crippen LogP contribution >= 0.6 is 0 Å². The Bertz CT molecular complexity index is 925. The van der Waals surface area contributed by atoms with Crippen molar-refractivity contribution in [1.29, 1.82) is 0 Å². The van der Waals surface area contributed by atoms with Gasteiger partial charge in [-0.2, -0.15) is 0 Å². The fourth-order valence-electron chi connectivity index (χ4n) is 2.45. The first kappa shape index (κ1) is 17.1. The van der Waals surface area contributed by atoms with E-state index in [2.05, 4.69) is 10.0 Å². The molecule has 25 heavy (non-hydrogen) atoms. The van der Waals surface area contributed by atoms with Gasteiger partial charge in [0.05, 0.1) is 11.9 Å². The number of ether oxygens (including phenoxy) is 2. The van der Waals surface area contributed by atoms with Crippen LogP contribution in [-0.2, 0) is 16.6 Å². The summed E-state index contributed by atoms with van der Waals surface area (Å²) >= 11 is 0. The topological polar surface area (TPSA) is 93.7 Å². The number of amides is 1. The summed E-state index contributed by atoms with van der Waals surface area (Å²) in [5, 5.41) is 2.83. The molecule has 1 aliphatic heterocycles. The van der Waals surface area contributed by atoms with Crippen molar-refractivity contribution in [3.05, 3.63) is 53.1 Å².